The smallest absolute Gasteiger partial charge is 0.242 e. The molecule has 0 saturated carbocycles. The van der Waals surface area contributed by atoms with Crippen molar-refractivity contribution in [1.82, 2.24) is 4.90 Å². The highest BCUT2D eigenvalue weighted by molar-refractivity contribution is 8.02. The van der Waals surface area contributed by atoms with Crippen molar-refractivity contribution in [3.8, 4) is 0 Å². The van der Waals surface area contributed by atoms with Gasteiger partial charge in [0.15, 0.2) is 0 Å². The van der Waals surface area contributed by atoms with Gasteiger partial charge in [-0.2, -0.15) is 0 Å². The van der Waals surface area contributed by atoms with Crippen molar-refractivity contribution in [2.45, 2.75) is 82.6 Å². The van der Waals surface area contributed by atoms with Gasteiger partial charge in [-0.05, 0) is 26.2 Å². The molecule has 22 heavy (non-hydrogen) atoms. The number of nitrogens with zero attached hydrogens (tertiary/aromatic N) is 1. The van der Waals surface area contributed by atoms with Crippen LogP contribution in [-0.2, 0) is 14.4 Å². The van der Waals surface area contributed by atoms with E-state index in [1.807, 2.05) is 0 Å². The van der Waals surface area contributed by atoms with Crippen molar-refractivity contribution >= 4 is 29.4 Å². The lowest BCUT2D eigenvalue weighted by Crippen LogP contribution is -2.33. The monoisotopic (exact) mass is 327 g/mol. The van der Waals surface area contributed by atoms with E-state index in [1.165, 1.54) is 4.90 Å². The third-order valence-electron chi connectivity index (χ3n) is 3.93. The Morgan fingerprint density at radius 2 is 1.95 bits per heavy atom. The molecular formula is C17H29NO3S. The third-order valence-corrected chi connectivity index (χ3v) is 5.42. The van der Waals surface area contributed by atoms with Gasteiger partial charge in [0.2, 0.25) is 11.8 Å². The molecule has 0 aromatic rings. The van der Waals surface area contributed by atoms with E-state index in [1.54, 1.807) is 18.7 Å². The van der Waals surface area contributed by atoms with E-state index in [4.69, 9.17) is 0 Å². The molecule has 0 aromatic heterocycles. The van der Waals surface area contributed by atoms with Crippen LogP contribution in [0.15, 0.2) is 0 Å². The predicted molar refractivity (Wildman–Crippen MR) is 90.9 cm³/mol. The standard InChI is InChI=1S/C17H29NO3S/c1-5-10-17(3,4)22-14-12-15(20)18(16(14)21)11-8-6-7-9-13(2)19/h14H,5-12H2,1-4H3. The summed E-state index contributed by atoms with van der Waals surface area (Å²) in [6.07, 6.45) is 5.56. The van der Waals surface area contributed by atoms with Crippen molar-refractivity contribution in [2.75, 3.05) is 6.54 Å². The van der Waals surface area contributed by atoms with Gasteiger partial charge < -0.3 is 4.79 Å². The zero-order valence-electron chi connectivity index (χ0n) is 14.3. The first-order valence-corrected chi connectivity index (χ1v) is 9.16. The van der Waals surface area contributed by atoms with E-state index >= 15 is 0 Å². The number of rotatable bonds is 10. The maximum atomic E-state index is 12.4. The molecule has 1 heterocycles. The van der Waals surface area contributed by atoms with Gasteiger partial charge in [0, 0.05) is 24.1 Å². The first-order chi connectivity index (χ1) is 10.3. The van der Waals surface area contributed by atoms with Crippen LogP contribution in [0.1, 0.15) is 72.6 Å². The molecule has 1 unspecified atom stereocenters. The summed E-state index contributed by atoms with van der Waals surface area (Å²) < 4.78 is 0.0346. The van der Waals surface area contributed by atoms with Crippen molar-refractivity contribution in [3.63, 3.8) is 0 Å². The second kappa shape index (κ2) is 8.70. The van der Waals surface area contributed by atoms with E-state index in [-0.39, 0.29) is 27.6 Å². The molecule has 1 aliphatic rings. The van der Waals surface area contributed by atoms with Crippen LogP contribution in [0, 0.1) is 0 Å². The molecule has 0 spiro atoms. The number of unbranched alkanes of at least 4 members (excludes halogenated alkanes) is 2. The lowest BCUT2D eigenvalue weighted by atomic mass is 10.1. The van der Waals surface area contributed by atoms with Crippen LogP contribution in [0.3, 0.4) is 0 Å². The van der Waals surface area contributed by atoms with Crippen molar-refractivity contribution in [2.24, 2.45) is 0 Å². The van der Waals surface area contributed by atoms with Crippen LogP contribution >= 0.6 is 11.8 Å². The number of likely N-dealkylation sites (tertiary alicyclic amines) is 1. The number of amides is 2. The largest absolute Gasteiger partial charge is 0.300 e. The van der Waals surface area contributed by atoms with Crippen molar-refractivity contribution < 1.29 is 14.4 Å². The summed E-state index contributed by atoms with van der Waals surface area (Å²) in [5.41, 5.74) is 0. The quantitative estimate of drug-likeness (QED) is 0.454. The SMILES string of the molecule is CCCC(C)(C)SC1CC(=O)N(CCCCCC(C)=O)C1=O. The van der Waals surface area contributed by atoms with E-state index in [0.717, 1.165) is 32.1 Å². The van der Waals surface area contributed by atoms with Crippen LogP contribution in [0.2, 0.25) is 0 Å². The number of imide groups is 1. The lowest BCUT2D eigenvalue weighted by molar-refractivity contribution is -0.138. The summed E-state index contributed by atoms with van der Waals surface area (Å²) in [4.78, 5) is 36.7. The van der Waals surface area contributed by atoms with Gasteiger partial charge in [-0.1, -0.05) is 33.6 Å². The fourth-order valence-corrected chi connectivity index (χ4v) is 4.39. The second-order valence-corrected chi connectivity index (χ2v) is 8.63. The summed E-state index contributed by atoms with van der Waals surface area (Å²) in [6, 6.07) is 0. The summed E-state index contributed by atoms with van der Waals surface area (Å²) in [6.45, 7) is 8.51. The molecule has 0 aromatic carbocycles. The van der Waals surface area contributed by atoms with Gasteiger partial charge in [-0.25, -0.2) is 0 Å². The fraction of sp³-hybridized carbons (Fsp3) is 0.824. The van der Waals surface area contributed by atoms with Crippen LogP contribution in [0.4, 0.5) is 0 Å². The van der Waals surface area contributed by atoms with Gasteiger partial charge in [0.1, 0.15) is 5.78 Å². The molecule has 0 bridgehead atoms. The molecule has 1 rings (SSSR count). The Kier molecular flexibility index (Phi) is 7.60. The number of hydrogen-bond acceptors (Lipinski definition) is 4. The first-order valence-electron chi connectivity index (χ1n) is 8.28. The predicted octanol–water partition coefficient (Wildman–Crippen LogP) is 3.58. The third kappa shape index (κ3) is 6.11. The Labute approximate surface area is 138 Å². The van der Waals surface area contributed by atoms with Crippen LogP contribution in [0.5, 0.6) is 0 Å². The molecule has 1 aliphatic heterocycles. The minimum absolute atomic E-state index is 0.0225. The van der Waals surface area contributed by atoms with Crippen LogP contribution in [0.25, 0.3) is 0 Å². The van der Waals surface area contributed by atoms with Gasteiger partial charge in [0.05, 0.1) is 5.25 Å². The highest BCUT2D eigenvalue weighted by Crippen LogP contribution is 2.37. The van der Waals surface area contributed by atoms with Gasteiger partial charge in [0.25, 0.3) is 0 Å². The topological polar surface area (TPSA) is 54.5 Å². The van der Waals surface area contributed by atoms with Gasteiger partial charge >= 0.3 is 0 Å². The highest BCUT2D eigenvalue weighted by Gasteiger charge is 2.41. The van der Waals surface area contributed by atoms with Gasteiger partial charge in [-0.15, -0.1) is 11.8 Å². The average molecular weight is 327 g/mol. The Morgan fingerprint density at radius 3 is 2.55 bits per heavy atom. The maximum Gasteiger partial charge on any atom is 0.242 e. The number of thioether (sulfide) groups is 1. The van der Waals surface area contributed by atoms with Gasteiger partial charge in [-0.3, -0.25) is 14.5 Å². The Bertz CT molecular complexity index is 420. The number of Topliss-reactive ketones (excluding diaryl/α,β-unsaturated/α-hetero) is 1. The Balaban J connectivity index is 2.42. The van der Waals surface area contributed by atoms with E-state index in [0.29, 0.717) is 19.4 Å². The van der Waals surface area contributed by atoms with E-state index < -0.39 is 0 Å². The summed E-state index contributed by atoms with van der Waals surface area (Å²) in [7, 11) is 0. The lowest BCUT2D eigenvalue weighted by Gasteiger charge is -2.26. The zero-order chi connectivity index (χ0) is 16.8. The highest BCUT2D eigenvalue weighted by atomic mass is 32.2. The molecule has 0 N–H and O–H groups in total. The molecule has 0 radical (unpaired) electrons. The van der Waals surface area contributed by atoms with Crippen LogP contribution in [-0.4, -0.2) is 39.0 Å². The molecule has 126 valence electrons. The summed E-state index contributed by atoms with van der Waals surface area (Å²) >= 11 is 1.64. The Hall–Kier alpha value is -0.840. The van der Waals surface area contributed by atoms with E-state index in [9.17, 15) is 14.4 Å². The van der Waals surface area contributed by atoms with Crippen molar-refractivity contribution in [1.29, 1.82) is 0 Å². The summed E-state index contributed by atoms with van der Waals surface area (Å²) in [5.74, 6) is 0.134. The first kappa shape index (κ1) is 19.2. The Morgan fingerprint density at radius 1 is 1.27 bits per heavy atom. The van der Waals surface area contributed by atoms with E-state index in [2.05, 4.69) is 20.8 Å². The molecular weight excluding hydrogens is 298 g/mol. The number of ketones is 1. The minimum Gasteiger partial charge on any atom is -0.300 e. The molecule has 1 saturated heterocycles. The normalized spacial score (nSPS) is 19.1. The molecule has 5 heteroatoms. The number of carbonyl (C=O) groups is 3. The maximum absolute atomic E-state index is 12.4. The molecule has 1 atom stereocenters. The average Bonchev–Trinajstić information content (AvgIpc) is 2.64. The second-order valence-electron chi connectivity index (χ2n) is 6.72. The molecule has 0 aliphatic carbocycles. The molecule has 4 nitrogen and oxygen atoms in total. The fourth-order valence-electron chi connectivity index (χ4n) is 2.85. The number of carbonyl (C=O) groups excluding carboxylic acids is 3. The molecule has 2 amide bonds. The minimum atomic E-state index is -0.216. The number of hydrogen-bond donors (Lipinski definition) is 0. The summed E-state index contributed by atoms with van der Waals surface area (Å²) in [5, 5.41) is -0.216. The van der Waals surface area contributed by atoms with Crippen molar-refractivity contribution in [3.05, 3.63) is 0 Å². The zero-order valence-corrected chi connectivity index (χ0v) is 15.1. The molecule has 1 fully saturated rings. The van der Waals surface area contributed by atoms with Crippen LogP contribution < -0.4 is 0 Å².